The van der Waals surface area contributed by atoms with E-state index in [0.29, 0.717) is 5.04 Å². The van der Waals surface area contributed by atoms with Gasteiger partial charge in [-0.15, -0.1) is 0 Å². The summed E-state index contributed by atoms with van der Waals surface area (Å²) in [5.41, 5.74) is 0. The highest BCUT2D eigenvalue weighted by Crippen LogP contribution is 2.37. The molecule has 0 N–H and O–H groups in total. The van der Waals surface area contributed by atoms with E-state index in [2.05, 4.69) is 33.9 Å². The van der Waals surface area contributed by atoms with Gasteiger partial charge in [0.15, 0.2) is 0 Å². The number of thiocarbonyl (C=S) groups is 1. The van der Waals surface area contributed by atoms with Crippen LogP contribution in [0.15, 0.2) is 0 Å². The zero-order valence-electron chi connectivity index (χ0n) is 12.4. The van der Waals surface area contributed by atoms with Gasteiger partial charge in [0.1, 0.15) is 0 Å². The first-order valence-corrected chi connectivity index (χ1v) is 11.4. The molecule has 0 heterocycles. The van der Waals surface area contributed by atoms with E-state index in [-0.39, 0.29) is 0 Å². The molecule has 0 amide bonds. The van der Waals surface area contributed by atoms with E-state index >= 15 is 0 Å². The molecule has 0 bridgehead atoms. The third kappa shape index (κ3) is 5.30. The van der Waals surface area contributed by atoms with Crippen molar-refractivity contribution >= 4 is 34.1 Å². The molecule has 0 aromatic rings. The van der Waals surface area contributed by atoms with Gasteiger partial charge in [-0.05, 0) is 28.4 Å². The molecule has 0 rings (SSSR count). The molecular weight excluding hydrogens is 264 g/mol. The quantitative estimate of drug-likeness (QED) is 0.526. The van der Waals surface area contributed by atoms with Gasteiger partial charge in [-0.2, -0.15) is 0 Å². The molecule has 0 atom stereocenters. The van der Waals surface area contributed by atoms with Crippen LogP contribution < -0.4 is 0 Å². The molecule has 0 saturated heterocycles. The van der Waals surface area contributed by atoms with Crippen molar-refractivity contribution < 1.29 is 8.85 Å². The average molecular weight is 293 g/mol. The zero-order chi connectivity index (χ0) is 13.7. The molecule has 0 radical (unpaired) electrons. The summed E-state index contributed by atoms with van der Waals surface area (Å²) in [7, 11) is 0.659. The van der Waals surface area contributed by atoms with E-state index in [0.717, 1.165) is 18.9 Å². The summed E-state index contributed by atoms with van der Waals surface area (Å²) in [6.45, 7) is 11.7. The van der Waals surface area contributed by atoms with Crippen LogP contribution in [-0.4, -0.2) is 36.1 Å². The minimum atomic E-state index is -1.44. The molecular formula is C12H28O2SSi2. The highest BCUT2D eigenvalue weighted by Gasteiger charge is 2.38. The van der Waals surface area contributed by atoms with Gasteiger partial charge in [0.2, 0.25) is 0 Å². The summed E-state index contributed by atoms with van der Waals surface area (Å²) in [6.07, 6.45) is 2.17. The van der Waals surface area contributed by atoms with E-state index in [9.17, 15) is 0 Å². The Morgan fingerprint density at radius 3 is 2.00 bits per heavy atom. The van der Waals surface area contributed by atoms with Crippen LogP contribution in [0.4, 0.5) is 0 Å². The van der Waals surface area contributed by atoms with Gasteiger partial charge in [0.05, 0.1) is 8.07 Å². The topological polar surface area (TPSA) is 18.5 Å². The van der Waals surface area contributed by atoms with E-state index in [4.69, 9.17) is 21.1 Å². The zero-order valence-corrected chi connectivity index (χ0v) is 15.4. The van der Waals surface area contributed by atoms with Crippen LogP contribution in [0.25, 0.3) is 0 Å². The molecule has 0 spiro atoms. The van der Waals surface area contributed by atoms with Crippen LogP contribution in [0, 0.1) is 0 Å². The Kier molecular flexibility index (Phi) is 7.32. The minimum absolute atomic E-state index is 0.351. The van der Waals surface area contributed by atoms with Crippen LogP contribution in [-0.2, 0) is 8.85 Å². The fourth-order valence-corrected chi connectivity index (χ4v) is 5.39. The third-order valence-corrected chi connectivity index (χ3v) is 13.0. The van der Waals surface area contributed by atoms with Crippen molar-refractivity contribution in [3.8, 4) is 0 Å². The molecule has 0 aliphatic heterocycles. The second kappa shape index (κ2) is 7.14. The Hall–Kier alpha value is 0.444. The molecule has 2 nitrogen and oxygen atoms in total. The van der Waals surface area contributed by atoms with E-state index in [1.807, 2.05) is 0 Å². The normalized spacial score (nSPS) is 13.2. The Morgan fingerprint density at radius 2 is 1.65 bits per heavy atom. The van der Waals surface area contributed by atoms with Crippen molar-refractivity contribution in [2.75, 3.05) is 14.2 Å². The largest absolute Gasteiger partial charge is 0.400 e. The molecule has 0 unspecified atom stereocenters. The van der Waals surface area contributed by atoms with Gasteiger partial charge in [0.25, 0.3) is 0 Å². The lowest BCUT2D eigenvalue weighted by Gasteiger charge is -2.37. The molecule has 0 aliphatic carbocycles. The van der Waals surface area contributed by atoms with Crippen molar-refractivity contribution in [3.63, 3.8) is 0 Å². The summed E-state index contributed by atoms with van der Waals surface area (Å²) < 4.78 is 11.9. The lowest BCUT2D eigenvalue weighted by molar-refractivity contribution is 0.277. The molecule has 102 valence electrons. The minimum Gasteiger partial charge on any atom is -0.400 e. The Labute approximate surface area is 115 Å². The Balaban J connectivity index is 4.20. The van der Waals surface area contributed by atoms with Crippen LogP contribution in [0.5, 0.6) is 0 Å². The predicted octanol–water partition coefficient (Wildman–Crippen LogP) is 3.70. The van der Waals surface area contributed by atoms with Crippen molar-refractivity contribution in [2.45, 2.75) is 57.8 Å². The van der Waals surface area contributed by atoms with Gasteiger partial charge in [0, 0.05) is 14.2 Å². The maximum absolute atomic E-state index is 5.66. The molecule has 5 heteroatoms. The lowest BCUT2D eigenvalue weighted by Crippen LogP contribution is -2.45. The van der Waals surface area contributed by atoms with Crippen LogP contribution in [0.2, 0.25) is 24.2 Å². The first-order chi connectivity index (χ1) is 7.66. The van der Waals surface area contributed by atoms with Gasteiger partial charge in [-0.25, -0.2) is 0 Å². The molecule has 0 fully saturated rings. The SMILES string of the molecule is CO[SiH](CCCC(=S)[Si](C)(C)C(C)(C)C)OC. The highest BCUT2D eigenvalue weighted by molar-refractivity contribution is 7.85. The summed E-state index contributed by atoms with van der Waals surface area (Å²) in [5, 5.41) is 0.351. The fourth-order valence-electron chi connectivity index (χ4n) is 1.49. The molecule has 0 aromatic carbocycles. The fraction of sp³-hybridized carbons (Fsp3) is 0.917. The smallest absolute Gasteiger partial charge is 0.320 e. The molecule has 0 aromatic heterocycles. The van der Waals surface area contributed by atoms with E-state index in [1.165, 1.54) is 4.49 Å². The van der Waals surface area contributed by atoms with Crippen molar-refractivity contribution in [1.82, 2.24) is 0 Å². The predicted molar refractivity (Wildman–Crippen MR) is 85.0 cm³/mol. The molecule has 17 heavy (non-hydrogen) atoms. The average Bonchev–Trinajstić information content (AvgIpc) is 2.22. The summed E-state index contributed by atoms with van der Waals surface area (Å²) in [4.78, 5) is 0. The van der Waals surface area contributed by atoms with Gasteiger partial charge in [-0.1, -0.05) is 46.1 Å². The van der Waals surface area contributed by atoms with Gasteiger partial charge >= 0.3 is 9.28 Å². The van der Waals surface area contributed by atoms with Crippen LogP contribution in [0.3, 0.4) is 0 Å². The standard InChI is InChI=1S/C12H28O2SSi2/c1-12(2,3)17(6,7)11(15)9-8-10-16(13-4)14-5/h16H,8-10H2,1-7H3. The third-order valence-electron chi connectivity index (χ3n) is 3.94. The number of hydrogen-bond acceptors (Lipinski definition) is 3. The first-order valence-electron chi connectivity index (χ1n) is 6.25. The first kappa shape index (κ1) is 17.4. The Morgan fingerprint density at radius 1 is 1.18 bits per heavy atom. The number of rotatable bonds is 7. The van der Waals surface area contributed by atoms with E-state index < -0.39 is 17.4 Å². The van der Waals surface area contributed by atoms with Gasteiger partial charge in [-0.3, -0.25) is 0 Å². The summed E-state index contributed by atoms with van der Waals surface area (Å²) in [5.74, 6) is 0. The summed E-state index contributed by atoms with van der Waals surface area (Å²) in [6, 6.07) is 1.06. The Bertz CT molecular complexity index is 245. The van der Waals surface area contributed by atoms with Gasteiger partial charge < -0.3 is 8.85 Å². The monoisotopic (exact) mass is 292 g/mol. The van der Waals surface area contributed by atoms with Crippen molar-refractivity contribution in [2.24, 2.45) is 0 Å². The van der Waals surface area contributed by atoms with Crippen LogP contribution in [0.1, 0.15) is 33.6 Å². The second-order valence-electron chi connectivity index (χ2n) is 6.09. The van der Waals surface area contributed by atoms with E-state index in [1.54, 1.807) is 14.2 Å². The van der Waals surface area contributed by atoms with Crippen molar-refractivity contribution in [1.29, 1.82) is 0 Å². The maximum Gasteiger partial charge on any atom is 0.320 e. The maximum atomic E-state index is 5.66. The number of hydrogen-bond donors (Lipinski definition) is 0. The second-order valence-corrected chi connectivity index (χ2v) is 14.7. The van der Waals surface area contributed by atoms with Crippen LogP contribution >= 0.6 is 12.2 Å². The molecule has 0 saturated carbocycles. The highest BCUT2D eigenvalue weighted by atomic mass is 32.1. The lowest BCUT2D eigenvalue weighted by atomic mass is 10.2. The van der Waals surface area contributed by atoms with Crippen molar-refractivity contribution in [3.05, 3.63) is 0 Å². The molecule has 0 aliphatic rings. The summed E-state index contributed by atoms with van der Waals surface area (Å²) >= 11 is 5.66.